The molecule has 0 bridgehead atoms. The predicted octanol–water partition coefficient (Wildman–Crippen LogP) is 2.54. The predicted molar refractivity (Wildman–Crippen MR) is 97.3 cm³/mol. The van der Waals surface area contributed by atoms with Crippen LogP contribution in [0.5, 0.6) is 0 Å². The number of nitrogens with zero attached hydrogens (tertiary/aromatic N) is 4. The molecule has 0 aromatic carbocycles. The van der Waals surface area contributed by atoms with Gasteiger partial charge in [0.15, 0.2) is 5.82 Å². The van der Waals surface area contributed by atoms with Crippen LogP contribution >= 0.6 is 0 Å². The second-order valence-electron chi connectivity index (χ2n) is 6.72. The lowest BCUT2D eigenvalue weighted by Crippen LogP contribution is -2.41. The van der Waals surface area contributed by atoms with Crippen molar-refractivity contribution in [3.05, 3.63) is 35.8 Å². The molecule has 0 amide bonds. The van der Waals surface area contributed by atoms with Crippen molar-refractivity contribution in [1.82, 2.24) is 20.3 Å². The van der Waals surface area contributed by atoms with Gasteiger partial charge in [0.05, 0.1) is 11.8 Å². The highest BCUT2D eigenvalue weighted by molar-refractivity contribution is 5.60. The number of hydrogen-bond acceptors (Lipinski definition) is 6. The number of hydrogen-bond donors (Lipinski definition) is 1. The Labute approximate surface area is 148 Å². The molecule has 2 aliphatic heterocycles. The lowest BCUT2D eigenvalue weighted by atomic mass is 10.1. The SMILES string of the molecule is CCCOC1CCCN(c2nc(-c3cccnc3)nc3c2CNC3)C1. The Morgan fingerprint density at radius 1 is 1.32 bits per heavy atom. The summed E-state index contributed by atoms with van der Waals surface area (Å²) in [6.45, 7) is 6.58. The molecule has 2 aromatic rings. The first kappa shape index (κ1) is 16.4. The van der Waals surface area contributed by atoms with E-state index >= 15 is 0 Å². The molecule has 1 fully saturated rings. The first-order valence-electron chi connectivity index (χ1n) is 9.22. The van der Waals surface area contributed by atoms with Crippen molar-refractivity contribution in [2.24, 2.45) is 0 Å². The summed E-state index contributed by atoms with van der Waals surface area (Å²) in [6.07, 6.45) is 7.25. The third-order valence-corrected chi connectivity index (χ3v) is 4.82. The summed E-state index contributed by atoms with van der Waals surface area (Å²) in [6, 6.07) is 3.95. The maximum absolute atomic E-state index is 6.01. The van der Waals surface area contributed by atoms with Gasteiger partial charge in [-0.1, -0.05) is 6.92 Å². The molecule has 1 N–H and O–H groups in total. The van der Waals surface area contributed by atoms with Crippen LogP contribution in [-0.4, -0.2) is 40.8 Å². The van der Waals surface area contributed by atoms with E-state index in [1.54, 1.807) is 6.20 Å². The first-order valence-corrected chi connectivity index (χ1v) is 9.22. The minimum Gasteiger partial charge on any atom is -0.376 e. The van der Waals surface area contributed by atoms with E-state index in [-0.39, 0.29) is 0 Å². The molecule has 1 unspecified atom stereocenters. The van der Waals surface area contributed by atoms with E-state index in [0.29, 0.717) is 6.10 Å². The van der Waals surface area contributed by atoms with E-state index in [1.165, 1.54) is 5.56 Å². The fraction of sp³-hybridized carbons (Fsp3) is 0.526. The van der Waals surface area contributed by atoms with Crippen LogP contribution in [0, 0.1) is 0 Å². The highest BCUT2D eigenvalue weighted by Gasteiger charge is 2.27. The molecule has 132 valence electrons. The van der Waals surface area contributed by atoms with Crippen LogP contribution in [0.25, 0.3) is 11.4 Å². The number of piperidine rings is 1. The monoisotopic (exact) mass is 339 g/mol. The molecular weight excluding hydrogens is 314 g/mol. The first-order chi connectivity index (χ1) is 12.3. The zero-order valence-electron chi connectivity index (χ0n) is 14.7. The highest BCUT2D eigenvalue weighted by Crippen LogP contribution is 2.30. The zero-order chi connectivity index (χ0) is 17.1. The molecule has 0 saturated carbocycles. The van der Waals surface area contributed by atoms with Gasteiger partial charge < -0.3 is 15.0 Å². The van der Waals surface area contributed by atoms with Crippen LogP contribution in [0.4, 0.5) is 5.82 Å². The largest absolute Gasteiger partial charge is 0.376 e. The number of pyridine rings is 1. The van der Waals surface area contributed by atoms with Gasteiger partial charge in [-0.3, -0.25) is 4.98 Å². The second-order valence-corrected chi connectivity index (χ2v) is 6.72. The van der Waals surface area contributed by atoms with Gasteiger partial charge in [0.25, 0.3) is 0 Å². The fourth-order valence-corrected chi connectivity index (χ4v) is 3.59. The smallest absolute Gasteiger partial charge is 0.163 e. The zero-order valence-corrected chi connectivity index (χ0v) is 14.7. The standard InChI is InChI=1S/C19H25N5O/c1-2-9-25-15-6-4-8-24(13-15)19-16-11-21-12-17(16)22-18(23-19)14-5-3-7-20-10-14/h3,5,7,10,15,21H,2,4,6,8-9,11-13H2,1H3. The van der Waals surface area contributed by atoms with Gasteiger partial charge in [-0.25, -0.2) is 9.97 Å². The summed E-state index contributed by atoms with van der Waals surface area (Å²) in [5.41, 5.74) is 3.32. The number of nitrogens with one attached hydrogen (secondary N) is 1. The Balaban J connectivity index is 1.65. The maximum atomic E-state index is 6.01. The Morgan fingerprint density at radius 3 is 3.12 bits per heavy atom. The van der Waals surface area contributed by atoms with Crippen LogP contribution in [0.3, 0.4) is 0 Å². The van der Waals surface area contributed by atoms with Crippen LogP contribution in [-0.2, 0) is 17.8 Å². The molecule has 6 nitrogen and oxygen atoms in total. The molecule has 4 rings (SSSR count). The molecule has 1 atom stereocenters. The van der Waals surface area contributed by atoms with Gasteiger partial charge in [0, 0.05) is 56.3 Å². The molecule has 25 heavy (non-hydrogen) atoms. The van der Waals surface area contributed by atoms with E-state index in [4.69, 9.17) is 14.7 Å². The summed E-state index contributed by atoms with van der Waals surface area (Å²) in [5, 5.41) is 3.42. The summed E-state index contributed by atoms with van der Waals surface area (Å²) in [4.78, 5) is 16.3. The van der Waals surface area contributed by atoms with Crippen molar-refractivity contribution in [3.8, 4) is 11.4 Å². The van der Waals surface area contributed by atoms with E-state index in [1.807, 2.05) is 18.3 Å². The molecule has 1 saturated heterocycles. The average Bonchev–Trinajstić information content (AvgIpc) is 3.15. The maximum Gasteiger partial charge on any atom is 0.163 e. The van der Waals surface area contributed by atoms with Crippen molar-refractivity contribution in [2.45, 2.75) is 45.4 Å². The van der Waals surface area contributed by atoms with Crippen LogP contribution < -0.4 is 10.2 Å². The Hall–Kier alpha value is -2.05. The summed E-state index contributed by atoms with van der Waals surface area (Å²) >= 11 is 0. The molecule has 0 aliphatic carbocycles. The molecule has 0 spiro atoms. The number of rotatable bonds is 5. The second kappa shape index (κ2) is 7.45. The van der Waals surface area contributed by atoms with E-state index < -0.39 is 0 Å². The Morgan fingerprint density at radius 2 is 2.28 bits per heavy atom. The Kier molecular flexibility index (Phi) is 4.90. The molecule has 2 aromatic heterocycles. The van der Waals surface area contributed by atoms with Crippen molar-refractivity contribution < 1.29 is 4.74 Å². The summed E-state index contributed by atoms with van der Waals surface area (Å²) in [7, 11) is 0. The summed E-state index contributed by atoms with van der Waals surface area (Å²) < 4.78 is 6.01. The molecular formula is C19H25N5O. The third-order valence-electron chi connectivity index (χ3n) is 4.82. The minimum absolute atomic E-state index is 0.301. The molecule has 4 heterocycles. The van der Waals surface area contributed by atoms with E-state index in [9.17, 15) is 0 Å². The number of aromatic nitrogens is 3. The lowest BCUT2D eigenvalue weighted by Gasteiger charge is -2.34. The molecule has 6 heteroatoms. The van der Waals surface area contributed by atoms with Gasteiger partial charge in [-0.2, -0.15) is 0 Å². The number of ether oxygens (including phenoxy) is 1. The van der Waals surface area contributed by atoms with E-state index in [2.05, 4.69) is 22.1 Å². The Bertz CT molecular complexity index is 721. The summed E-state index contributed by atoms with van der Waals surface area (Å²) in [5.74, 6) is 1.83. The van der Waals surface area contributed by atoms with Crippen molar-refractivity contribution in [1.29, 1.82) is 0 Å². The van der Waals surface area contributed by atoms with Crippen LogP contribution in [0.2, 0.25) is 0 Å². The van der Waals surface area contributed by atoms with E-state index in [0.717, 1.165) is 74.9 Å². The van der Waals surface area contributed by atoms with Crippen molar-refractivity contribution in [3.63, 3.8) is 0 Å². The third kappa shape index (κ3) is 3.50. The van der Waals surface area contributed by atoms with Crippen LogP contribution in [0.1, 0.15) is 37.4 Å². The van der Waals surface area contributed by atoms with Gasteiger partial charge >= 0.3 is 0 Å². The van der Waals surface area contributed by atoms with Gasteiger partial charge in [0.1, 0.15) is 5.82 Å². The number of fused-ring (bicyclic) bond motifs is 1. The highest BCUT2D eigenvalue weighted by atomic mass is 16.5. The van der Waals surface area contributed by atoms with Gasteiger partial charge in [-0.05, 0) is 31.4 Å². The minimum atomic E-state index is 0.301. The fourth-order valence-electron chi connectivity index (χ4n) is 3.59. The normalized spacial score (nSPS) is 19.9. The lowest BCUT2D eigenvalue weighted by molar-refractivity contribution is 0.0439. The average molecular weight is 339 g/mol. The van der Waals surface area contributed by atoms with Gasteiger partial charge in [-0.15, -0.1) is 0 Å². The molecule has 0 radical (unpaired) electrons. The van der Waals surface area contributed by atoms with Crippen molar-refractivity contribution >= 4 is 5.82 Å². The topological polar surface area (TPSA) is 63.2 Å². The molecule has 2 aliphatic rings. The van der Waals surface area contributed by atoms with Gasteiger partial charge in [0.2, 0.25) is 0 Å². The van der Waals surface area contributed by atoms with Crippen molar-refractivity contribution in [2.75, 3.05) is 24.6 Å². The number of anilines is 1. The quantitative estimate of drug-likeness (QED) is 0.903. The van der Waals surface area contributed by atoms with Crippen LogP contribution in [0.15, 0.2) is 24.5 Å².